The number of piperidine rings is 1. The van der Waals surface area contributed by atoms with Gasteiger partial charge in [0.15, 0.2) is 5.96 Å². The number of aliphatic imine (C=N–C) groups is 1. The monoisotopic (exact) mass is 540 g/mol. The molecule has 0 saturated carbocycles. The molecule has 0 spiro atoms. The van der Waals surface area contributed by atoms with Crippen molar-refractivity contribution in [3.63, 3.8) is 0 Å². The van der Waals surface area contributed by atoms with E-state index in [9.17, 15) is 0 Å². The molecule has 1 saturated heterocycles. The van der Waals surface area contributed by atoms with Crippen LogP contribution in [0.2, 0.25) is 0 Å². The average molecular weight is 540 g/mol. The van der Waals surface area contributed by atoms with E-state index in [2.05, 4.69) is 46.7 Å². The number of furan rings is 1. The van der Waals surface area contributed by atoms with E-state index in [-0.39, 0.29) is 30.0 Å². The van der Waals surface area contributed by atoms with E-state index in [1.54, 1.807) is 13.4 Å². The summed E-state index contributed by atoms with van der Waals surface area (Å²) in [6, 6.07) is 15.1. The van der Waals surface area contributed by atoms with Crippen molar-refractivity contribution in [3.05, 3.63) is 60.1 Å². The van der Waals surface area contributed by atoms with Crippen LogP contribution < -0.4 is 10.6 Å². The number of likely N-dealkylation sites (tertiary alicyclic amines) is 1. The van der Waals surface area contributed by atoms with Crippen molar-refractivity contribution in [1.29, 1.82) is 0 Å². The van der Waals surface area contributed by atoms with Crippen LogP contribution in [0.5, 0.6) is 0 Å². The van der Waals surface area contributed by atoms with Gasteiger partial charge in [-0.1, -0.05) is 30.3 Å². The Morgan fingerprint density at radius 2 is 1.97 bits per heavy atom. The molecule has 31 heavy (non-hydrogen) atoms. The number of halogens is 1. The largest absolute Gasteiger partial charge is 0.469 e. The number of hydrogen-bond donors (Lipinski definition) is 2. The van der Waals surface area contributed by atoms with Crippen molar-refractivity contribution >= 4 is 29.9 Å². The molecule has 1 aliphatic heterocycles. The van der Waals surface area contributed by atoms with Crippen molar-refractivity contribution in [2.24, 2.45) is 4.99 Å². The van der Waals surface area contributed by atoms with Crippen LogP contribution in [-0.2, 0) is 11.2 Å². The first-order chi connectivity index (χ1) is 14.7. The lowest BCUT2D eigenvalue weighted by molar-refractivity contribution is 0.155. The Morgan fingerprint density at radius 3 is 2.65 bits per heavy atom. The Bertz CT molecular complexity index is 731. The van der Waals surface area contributed by atoms with Crippen LogP contribution in [0.1, 0.15) is 43.6 Å². The van der Waals surface area contributed by atoms with Gasteiger partial charge in [-0.05, 0) is 43.9 Å². The Hall–Kier alpha value is -1.58. The van der Waals surface area contributed by atoms with Gasteiger partial charge in [-0.15, -0.1) is 24.0 Å². The average Bonchev–Trinajstić information content (AvgIpc) is 3.29. The van der Waals surface area contributed by atoms with Gasteiger partial charge in [0.05, 0.1) is 12.3 Å². The van der Waals surface area contributed by atoms with Gasteiger partial charge >= 0.3 is 0 Å². The molecule has 3 rings (SSSR count). The molecule has 1 fully saturated rings. The van der Waals surface area contributed by atoms with Crippen molar-refractivity contribution in [2.75, 3.05) is 39.9 Å². The van der Waals surface area contributed by atoms with Gasteiger partial charge in [0.25, 0.3) is 0 Å². The highest BCUT2D eigenvalue weighted by Crippen LogP contribution is 2.13. The minimum atomic E-state index is 0. The molecule has 172 valence electrons. The van der Waals surface area contributed by atoms with Gasteiger partial charge in [-0.25, -0.2) is 0 Å². The SMILES string of the molecule is COCCCN1CCC(NC(=NCCc2ccco2)NC(C)c2ccccc2)CC1.I. The summed E-state index contributed by atoms with van der Waals surface area (Å²) in [5.74, 6) is 1.86. The number of benzene rings is 1. The Labute approximate surface area is 203 Å². The number of nitrogens with zero attached hydrogens (tertiary/aromatic N) is 2. The summed E-state index contributed by atoms with van der Waals surface area (Å²) >= 11 is 0. The quantitative estimate of drug-likeness (QED) is 0.204. The predicted octanol–water partition coefficient (Wildman–Crippen LogP) is 4.24. The lowest BCUT2D eigenvalue weighted by atomic mass is 10.0. The predicted molar refractivity (Wildman–Crippen MR) is 137 cm³/mol. The maximum absolute atomic E-state index is 5.44. The molecular weight excluding hydrogens is 503 g/mol. The van der Waals surface area contributed by atoms with Crippen LogP contribution in [-0.4, -0.2) is 56.8 Å². The van der Waals surface area contributed by atoms with Gasteiger partial charge < -0.3 is 24.7 Å². The highest BCUT2D eigenvalue weighted by atomic mass is 127. The second-order valence-electron chi connectivity index (χ2n) is 7.94. The topological polar surface area (TPSA) is 62.0 Å². The summed E-state index contributed by atoms with van der Waals surface area (Å²) in [5, 5.41) is 7.27. The summed E-state index contributed by atoms with van der Waals surface area (Å²) in [4.78, 5) is 7.37. The number of nitrogens with one attached hydrogen (secondary N) is 2. The van der Waals surface area contributed by atoms with Crippen molar-refractivity contribution in [2.45, 2.75) is 44.7 Å². The molecule has 0 aliphatic carbocycles. The van der Waals surface area contributed by atoms with Crippen LogP contribution in [0.3, 0.4) is 0 Å². The second kappa shape index (κ2) is 14.5. The number of methoxy groups -OCH3 is 1. The number of ether oxygens (including phenoxy) is 1. The maximum atomic E-state index is 5.44. The van der Waals surface area contributed by atoms with Gasteiger partial charge in [0, 0.05) is 52.4 Å². The third kappa shape index (κ3) is 9.21. The Kier molecular flexibility index (Phi) is 12.0. The molecule has 1 atom stereocenters. The Morgan fingerprint density at radius 1 is 1.19 bits per heavy atom. The zero-order valence-electron chi connectivity index (χ0n) is 18.8. The molecule has 1 unspecified atom stereocenters. The molecule has 1 aromatic carbocycles. The molecule has 0 radical (unpaired) electrons. The molecule has 0 amide bonds. The number of rotatable bonds is 10. The smallest absolute Gasteiger partial charge is 0.191 e. The molecule has 2 N–H and O–H groups in total. The van der Waals surface area contributed by atoms with E-state index in [1.807, 2.05) is 18.2 Å². The number of hydrogen-bond acceptors (Lipinski definition) is 4. The third-order valence-electron chi connectivity index (χ3n) is 5.61. The second-order valence-corrected chi connectivity index (χ2v) is 7.94. The van der Waals surface area contributed by atoms with E-state index < -0.39 is 0 Å². The fourth-order valence-electron chi connectivity index (χ4n) is 3.82. The van der Waals surface area contributed by atoms with E-state index in [4.69, 9.17) is 14.1 Å². The van der Waals surface area contributed by atoms with Gasteiger partial charge in [0.1, 0.15) is 5.76 Å². The van der Waals surface area contributed by atoms with Crippen LogP contribution >= 0.6 is 24.0 Å². The van der Waals surface area contributed by atoms with Gasteiger partial charge in [0.2, 0.25) is 0 Å². The zero-order valence-corrected chi connectivity index (χ0v) is 21.1. The Balaban J connectivity index is 0.00000341. The van der Waals surface area contributed by atoms with E-state index >= 15 is 0 Å². The van der Waals surface area contributed by atoms with Crippen molar-refractivity contribution in [3.8, 4) is 0 Å². The standard InChI is InChI=1S/C24H36N4O2.HI/c1-20(21-8-4-3-5-9-21)26-24(25-14-11-23-10-6-19-30-23)27-22-12-16-28(17-13-22)15-7-18-29-2;/h3-6,8-10,19-20,22H,7,11-18H2,1-2H3,(H2,25,26,27);1H. The minimum absolute atomic E-state index is 0. The maximum Gasteiger partial charge on any atom is 0.191 e. The zero-order chi connectivity index (χ0) is 21.0. The number of guanidine groups is 1. The third-order valence-corrected chi connectivity index (χ3v) is 5.61. The van der Waals surface area contributed by atoms with Crippen molar-refractivity contribution in [1.82, 2.24) is 15.5 Å². The van der Waals surface area contributed by atoms with Crippen LogP contribution in [0.4, 0.5) is 0 Å². The van der Waals surface area contributed by atoms with Crippen LogP contribution in [0, 0.1) is 0 Å². The summed E-state index contributed by atoms with van der Waals surface area (Å²) in [7, 11) is 1.77. The fraction of sp³-hybridized carbons (Fsp3) is 0.542. The summed E-state index contributed by atoms with van der Waals surface area (Å²) in [5.41, 5.74) is 1.26. The molecule has 2 aromatic rings. The highest BCUT2D eigenvalue weighted by molar-refractivity contribution is 14.0. The molecule has 0 bridgehead atoms. The first-order valence-corrected chi connectivity index (χ1v) is 11.1. The van der Waals surface area contributed by atoms with Gasteiger partial charge in [-0.2, -0.15) is 0 Å². The first-order valence-electron chi connectivity index (χ1n) is 11.1. The lowest BCUT2D eigenvalue weighted by Crippen LogP contribution is -2.49. The van der Waals surface area contributed by atoms with Crippen LogP contribution in [0.15, 0.2) is 58.1 Å². The van der Waals surface area contributed by atoms with Crippen LogP contribution in [0.25, 0.3) is 0 Å². The summed E-state index contributed by atoms with van der Waals surface area (Å²) < 4.78 is 10.6. The fourth-order valence-corrected chi connectivity index (χ4v) is 3.82. The van der Waals surface area contributed by atoms with E-state index in [0.717, 1.165) is 63.6 Å². The van der Waals surface area contributed by atoms with E-state index in [0.29, 0.717) is 12.6 Å². The molecular formula is C24H37IN4O2. The lowest BCUT2D eigenvalue weighted by Gasteiger charge is -2.33. The first kappa shape index (κ1) is 25.7. The molecule has 7 heteroatoms. The summed E-state index contributed by atoms with van der Waals surface area (Å²) in [6.45, 7) is 7.07. The highest BCUT2D eigenvalue weighted by Gasteiger charge is 2.20. The normalized spacial score (nSPS) is 16.5. The van der Waals surface area contributed by atoms with Crippen molar-refractivity contribution < 1.29 is 9.15 Å². The molecule has 1 aliphatic rings. The van der Waals surface area contributed by atoms with E-state index in [1.165, 1.54) is 5.56 Å². The molecule has 2 heterocycles. The van der Waals surface area contributed by atoms with Gasteiger partial charge in [-0.3, -0.25) is 4.99 Å². The summed E-state index contributed by atoms with van der Waals surface area (Å²) in [6.07, 6.45) is 5.88. The molecule has 1 aromatic heterocycles. The molecule has 6 nitrogen and oxygen atoms in total. The minimum Gasteiger partial charge on any atom is -0.469 e.